The van der Waals surface area contributed by atoms with E-state index in [0.29, 0.717) is 34.4 Å². The van der Waals surface area contributed by atoms with Gasteiger partial charge in [0.05, 0.1) is 24.4 Å². The van der Waals surface area contributed by atoms with Crippen LogP contribution in [0.1, 0.15) is 42.4 Å². The number of rotatable bonds is 5. The van der Waals surface area contributed by atoms with Crippen LogP contribution in [0, 0.1) is 23.7 Å². The Morgan fingerprint density at radius 3 is 2.27 bits per heavy atom. The van der Waals surface area contributed by atoms with Crippen molar-refractivity contribution in [3.05, 3.63) is 113 Å². The minimum absolute atomic E-state index is 0.0609. The van der Waals surface area contributed by atoms with Crippen LogP contribution in [-0.2, 0) is 24.6 Å². The monoisotopic (exact) mass is 587 g/mol. The summed E-state index contributed by atoms with van der Waals surface area (Å²) in [6.07, 6.45) is 4.07. The number of aromatic hydroxyl groups is 1. The number of Topliss-reactive ketones (excluding diaryl/α,β-unsaturated/α-hetero) is 1. The number of hydrogen-bond acceptors (Lipinski definition) is 6. The van der Waals surface area contributed by atoms with Crippen LogP contribution in [0.2, 0.25) is 0 Å². The zero-order valence-corrected chi connectivity index (χ0v) is 24.6. The Morgan fingerprint density at radius 1 is 0.909 bits per heavy atom. The highest BCUT2D eigenvalue weighted by Crippen LogP contribution is 2.64. The van der Waals surface area contributed by atoms with Crippen LogP contribution in [0.5, 0.6) is 11.5 Å². The van der Waals surface area contributed by atoms with Gasteiger partial charge in [0.15, 0.2) is 11.6 Å². The zero-order valence-electron chi connectivity index (χ0n) is 24.6. The summed E-state index contributed by atoms with van der Waals surface area (Å²) in [6, 6.07) is 23.5. The number of imide groups is 1. The summed E-state index contributed by atoms with van der Waals surface area (Å²) in [5.41, 5.74) is 1.60. The molecule has 0 aromatic heterocycles. The fourth-order valence-electron chi connectivity index (χ4n) is 8.49. The largest absolute Gasteiger partial charge is 0.508 e. The standard InChI is InChI=1S/C37H33NO6/c1-3-38-35(42)26-17-16-24-28(32(26)36(38)43)19-29-34(41)27(21-10-6-4-7-11-21)20-31(40)37(29,22-12-8-5-9-13-22)33(24)25-15-14-23(44-2)18-30(25)39/h4-16,18,20,26,28-29,32-33,39H,3,17,19H2,1-2H3/t26-,28+,29-,32-,33+,37-/m0/s1. The van der Waals surface area contributed by atoms with Gasteiger partial charge in [-0.2, -0.15) is 0 Å². The van der Waals surface area contributed by atoms with Gasteiger partial charge in [-0.15, -0.1) is 0 Å². The number of hydrogen-bond donors (Lipinski definition) is 1. The molecule has 2 fully saturated rings. The highest BCUT2D eigenvalue weighted by Gasteiger charge is 2.66. The fourth-order valence-corrected chi connectivity index (χ4v) is 8.49. The van der Waals surface area contributed by atoms with E-state index < -0.39 is 35.0 Å². The molecule has 3 aromatic carbocycles. The normalized spacial score (nSPS) is 29.4. The number of allylic oxidation sites excluding steroid dienone is 4. The molecule has 2 amide bonds. The lowest BCUT2D eigenvalue weighted by molar-refractivity contribution is -0.140. The second kappa shape index (κ2) is 10.4. The van der Waals surface area contributed by atoms with E-state index in [1.165, 1.54) is 24.2 Å². The van der Waals surface area contributed by atoms with Crippen LogP contribution >= 0.6 is 0 Å². The minimum atomic E-state index is -1.38. The van der Waals surface area contributed by atoms with Crippen molar-refractivity contribution in [3.8, 4) is 11.5 Å². The second-order valence-electron chi connectivity index (χ2n) is 12.1. The van der Waals surface area contributed by atoms with E-state index in [1.807, 2.05) is 66.7 Å². The summed E-state index contributed by atoms with van der Waals surface area (Å²) in [4.78, 5) is 58.2. The van der Waals surface area contributed by atoms with Gasteiger partial charge in [-0.25, -0.2) is 0 Å². The smallest absolute Gasteiger partial charge is 0.233 e. The summed E-state index contributed by atoms with van der Waals surface area (Å²) < 4.78 is 5.38. The number of nitrogens with zero attached hydrogens (tertiary/aromatic N) is 1. The molecule has 3 aromatic rings. The first kappa shape index (κ1) is 28.0. The molecule has 0 unspecified atom stereocenters. The SMILES string of the molecule is CCN1C(=O)[C@H]2[C@H](CC=C3[C@H]2C[C@H]2C(=O)C(c4ccccc4)=CC(=O)[C@@]2(c2ccccc2)[C@H]3c2ccc(OC)cc2O)C1=O. The maximum absolute atomic E-state index is 14.9. The van der Waals surface area contributed by atoms with Crippen molar-refractivity contribution in [2.24, 2.45) is 23.7 Å². The average Bonchev–Trinajstić information content (AvgIpc) is 3.31. The maximum atomic E-state index is 14.9. The number of carbonyl (C=O) groups is 4. The van der Waals surface area contributed by atoms with Crippen molar-refractivity contribution in [1.82, 2.24) is 4.90 Å². The molecule has 1 heterocycles. The van der Waals surface area contributed by atoms with Crippen LogP contribution < -0.4 is 4.74 Å². The number of ether oxygens (including phenoxy) is 1. The molecule has 0 radical (unpaired) electrons. The minimum Gasteiger partial charge on any atom is -0.508 e. The van der Waals surface area contributed by atoms with Crippen LogP contribution in [0.4, 0.5) is 0 Å². The molecule has 6 atom stereocenters. The number of amides is 2. The lowest BCUT2D eigenvalue weighted by Crippen LogP contribution is -2.58. The Balaban J connectivity index is 1.52. The molecule has 7 nitrogen and oxygen atoms in total. The van der Waals surface area contributed by atoms with E-state index in [4.69, 9.17) is 4.74 Å². The third-order valence-electron chi connectivity index (χ3n) is 10.3. The molecule has 44 heavy (non-hydrogen) atoms. The van der Waals surface area contributed by atoms with Gasteiger partial charge in [0, 0.05) is 35.6 Å². The summed E-state index contributed by atoms with van der Waals surface area (Å²) in [6.45, 7) is 2.08. The molecule has 222 valence electrons. The van der Waals surface area contributed by atoms with E-state index in [-0.39, 0.29) is 42.1 Å². The summed E-state index contributed by atoms with van der Waals surface area (Å²) in [5.74, 6) is -3.62. The molecule has 7 rings (SSSR count). The lowest BCUT2D eigenvalue weighted by atomic mass is 9.44. The van der Waals surface area contributed by atoms with Gasteiger partial charge in [-0.1, -0.05) is 78.4 Å². The molecule has 4 aliphatic rings. The number of carbonyl (C=O) groups excluding carboxylic acids is 4. The highest BCUT2D eigenvalue weighted by molar-refractivity contribution is 6.31. The predicted octanol–water partition coefficient (Wildman–Crippen LogP) is 5.25. The molecule has 1 saturated heterocycles. The van der Waals surface area contributed by atoms with E-state index in [2.05, 4.69) is 0 Å². The number of phenols is 1. The van der Waals surface area contributed by atoms with Gasteiger partial charge < -0.3 is 9.84 Å². The Kier molecular flexibility index (Phi) is 6.65. The number of benzene rings is 3. The van der Waals surface area contributed by atoms with Gasteiger partial charge in [0.2, 0.25) is 11.8 Å². The number of likely N-dealkylation sites (tertiary alicyclic amines) is 1. The van der Waals surface area contributed by atoms with Crippen LogP contribution in [-0.4, -0.2) is 47.0 Å². The Hall–Kier alpha value is -4.78. The van der Waals surface area contributed by atoms with Gasteiger partial charge in [-0.05, 0) is 49.0 Å². The maximum Gasteiger partial charge on any atom is 0.233 e. The Bertz CT molecular complexity index is 1760. The average molecular weight is 588 g/mol. The number of phenolic OH excluding ortho intramolecular Hbond substituents is 1. The third kappa shape index (κ3) is 3.81. The first-order valence-corrected chi connectivity index (χ1v) is 15.2. The topological polar surface area (TPSA) is 101 Å². The second-order valence-corrected chi connectivity index (χ2v) is 12.1. The number of methoxy groups -OCH3 is 1. The predicted molar refractivity (Wildman–Crippen MR) is 164 cm³/mol. The summed E-state index contributed by atoms with van der Waals surface area (Å²) in [5, 5.41) is 11.5. The highest BCUT2D eigenvalue weighted by atomic mass is 16.5. The zero-order chi connectivity index (χ0) is 30.7. The van der Waals surface area contributed by atoms with E-state index >= 15 is 0 Å². The van der Waals surface area contributed by atoms with Gasteiger partial charge in [0.1, 0.15) is 11.5 Å². The van der Waals surface area contributed by atoms with Crippen molar-refractivity contribution < 1.29 is 29.0 Å². The van der Waals surface area contributed by atoms with Crippen molar-refractivity contribution in [2.45, 2.75) is 31.1 Å². The summed E-state index contributed by atoms with van der Waals surface area (Å²) >= 11 is 0. The van der Waals surface area contributed by atoms with Gasteiger partial charge in [0.25, 0.3) is 0 Å². The first-order chi connectivity index (χ1) is 21.3. The molecule has 1 saturated carbocycles. The first-order valence-electron chi connectivity index (χ1n) is 15.2. The number of ketones is 2. The Labute approximate surface area is 255 Å². The quantitative estimate of drug-likeness (QED) is 0.324. The molecule has 1 aliphatic heterocycles. The number of fused-ring (bicyclic) bond motifs is 4. The lowest BCUT2D eigenvalue weighted by Gasteiger charge is -2.55. The van der Waals surface area contributed by atoms with Gasteiger partial charge in [-0.3, -0.25) is 24.1 Å². The molecule has 7 heteroatoms. The molecular weight excluding hydrogens is 554 g/mol. The van der Waals surface area contributed by atoms with Crippen molar-refractivity contribution >= 4 is 29.0 Å². The molecule has 0 spiro atoms. The third-order valence-corrected chi connectivity index (χ3v) is 10.3. The molecule has 1 N–H and O–H groups in total. The van der Waals surface area contributed by atoms with Crippen molar-refractivity contribution in [2.75, 3.05) is 13.7 Å². The Morgan fingerprint density at radius 2 is 1.61 bits per heavy atom. The van der Waals surface area contributed by atoms with Crippen LogP contribution in [0.15, 0.2) is 96.6 Å². The van der Waals surface area contributed by atoms with Crippen LogP contribution in [0.3, 0.4) is 0 Å². The van der Waals surface area contributed by atoms with Gasteiger partial charge >= 0.3 is 0 Å². The van der Waals surface area contributed by atoms with E-state index in [9.17, 15) is 24.3 Å². The van der Waals surface area contributed by atoms with E-state index in [1.54, 1.807) is 19.1 Å². The molecule has 0 bridgehead atoms. The fraction of sp³-hybridized carbons (Fsp3) is 0.297. The summed E-state index contributed by atoms with van der Waals surface area (Å²) in [7, 11) is 1.51. The molecular formula is C37H33NO6. The molecule has 3 aliphatic carbocycles. The van der Waals surface area contributed by atoms with Crippen molar-refractivity contribution in [3.63, 3.8) is 0 Å². The van der Waals surface area contributed by atoms with E-state index in [0.717, 1.165) is 5.57 Å². The van der Waals surface area contributed by atoms with Crippen molar-refractivity contribution in [1.29, 1.82) is 0 Å². The van der Waals surface area contributed by atoms with Crippen LogP contribution in [0.25, 0.3) is 5.57 Å².